The molecule has 218 valence electrons. The summed E-state index contributed by atoms with van der Waals surface area (Å²) in [4.78, 5) is 39.1. The third-order valence-corrected chi connectivity index (χ3v) is 8.58. The van der Waals surface area contributed by atoms with Gasteiger partial charge in [0.1, 0.15) is 29.4 Å². The minimum atomic E-state index is -1.29. The molecule has 0 unspecified atom stereocenters. The van der Waals surface area contributed by atoms with Crippen LogP contribution in [0.1, 0.15) is 52.6 Å². The number of aromatic nitrogens is 3. The maximum Gasteiger partial charge on any atom is 0.261 e. The molecule has 12 nitrogen and oxygen atoms in total. The number of nitrogens with one attached hydrogen (secondary N) is 1. The zero-order valence-electron chi connectivity index (χ0n) is 22.5. The number of rotatable bonds is 11. The largest absolute Gasteiger partial charge is 0.394 e. The number of ether oxygens (including phenoxy) is 1. The number of aliphatic hydroxyl groups excluding tert-OH is 3. The van der Waals surface area contributed by atoms with Gasteiger partial charge in [0.2, 0.25) is 5.91 Å². The minimum absolute atomic E-state index is 0.0330. The SMILES string of the molecule is CC(=O)N[C@@H]1[C@@H](O)[C@H](O)[C@@H](CO)O[C@H]1SCCCCCn1cc(CN2C(=O)c3cccc4cccc(c34)C2=O)nn1. The summed E-state index contributed by atoms with van der Waals surface area (Å²) in [5, 5.41) is 42.5. The topological polar surface area (TPSA) is 167 Å². The second-order valence-corrected chi connectivity index (χ2v) is 11.4. The van der Waals surface area contributed by atoms with Gasteiger partial charge in [-0.25, -0.2) is 0 Å². The molecule has 0 radical (unpaired) electrons. The van der Waals surface area contributed by atoms with E-state index < -0.39 is 36.4 Å². The molecular formula is C28H33N5O7S. The predicted octanol–water partition coefficient (Wildman–Crippen LogP) is 1.07. The number of aliphatic hydroxyl groups is 3. The van der Waals surface area contributed by atoms with Crippen LogP contribution in [-0.2, 0) is 22.6 Å². The van der Waals surface area contributed by atoms with Gasteiger partial charge in [0.15, 0.2) is 0 Å². The van der Waals surface area contributed by atoms with Crippen molar-refractivity contribution in [1.29, 1.82) is 0 Å². The lowest BCUT2D eigenvalue weighted by Crippen LogP contribution is -2.63. The van der Waals surface area contributed by atoms with Gasteiger partial charge < -0.3 is 25.4 Å². The molecule has 1 fully saturated rings. The molecule has 0 aliphatic carbocycles. The van der Waals surface area contributed by atoms with E-state index in [2.05, 4.69) is 15.6 Å². The molecule has 4 N–H and O–H groups in total. The highest BCUT2D eigenvalue weighted by Gasteiger charge is 2.44. The van der Waals surface area contributed by atoms with E-state index in [1.165, 1.54) is 23.6 Å². The van der Waals surface area contributed by atoms with E-state index in [0.29, 0.717) is 34.5 Å². The summed E-state index contributed by atoms with van der Waals surface area (Å²) in [6.07, 6.45) is 0.767. The first kappa shape index (κ1) is 29.1. The van der Waals surface area contributed by atoms with Crippen molar-refractivity contribution in [1.82, 2.24) is 25.2 Å². The van der Waals surface area contributed by atoms with Crippen molar-refractivity contribution in [2.75, 3.05) is 12.4 Å². The predicted molar refractivity (Wildman–Crippen MR) is 150 cm³/mol. The Kier molecular flexibility index (Phi) is 9.00. The Morgan fingerprint density at radius 1 is 1.05 bits per heavy atom. The molecule has 41 heavy (non-hydrogen) atoms. The second kappa shape index (κ2) is 12.7. The highest BCUT2D eigenvalue weighted by atomic mass is 32.2. The highest BCUT2D eigenvalue weighted by molar-refractivity contribution is 7.99. The Morgan fingerprint density at radius 3 is 2.41 bits per heavy atom. The number of hydrogen-bond acceptors (Lipinski definition) is 10. The van der Waals surface area contributed by atoms with E-state index in [4.69, 9.17) is 4.74 Å². The van der Waals surface area contributed by atoms with Crippen molar-refractivity contribution in [2.45, 2.75) is 69.1 Å². The van der Waals surface area contributed by atoms with Crippen LogP contribution in [0.3, 0.4) is 0 Å². The molecule has 1 saturated heterocycles. The van der Waals surface area contributed by atoms with Crippen LogP contribution >= 0.6 is 11.8 Å². The normalized spacial score (nSPS) is 24.2. The number of hydrogen-bond donors (Lipinski definition) is 4. The van der Waals surface area contributed by atoms with Gasteiger partial charge >= 0.3 is 0 Å². The first-order chi connectivity index (χ1) is 19.8. The molecule has 1 aromatic heterocycles. The van der Waals surface area contributed by atoms with Crippen molar-refractivity contribution in [3.05, 3.63) is 59.4 Å². The number of nitrogens with zero attached hydrogens (tertiary/aromatic N) is 4. The fourth-order valence-corrected chi connectivity index (χ4v) is 6.53. The maximum absolute atomic E-state index is 13.1. The van der Waals surface area contributed by atoms with Crippen molar-refractivity contribution >= 4 is 40.3 Å². The molecule has 3 amide bonds. The molecule has 3 aromatic rings. The number of amides is 3. The molecule has 5 atom stereocenters. The Morgan fingerprint density at radius 2 is 1.76 bits per heavy atom. The number of carbonyl (C=O) groups is 3. The molecule has 0 saturated carbocycles. The van der Waals surface area contributed by atoms with Crippen LogP contribution in [0.25, 0.3) is 10.8 Å². The number of thioether (sulfide) groups is 1. The minimum Gasteiger partial charge on any atom is -0.394 e. The maximum atomic E-state index is 13.1. The van der Waals surface area contributed by atoms with E-state index >= 15 is 0 Å². The van der Waals surface area contributed by atoms with Crippen molar-refractivity contribution in [3.8, 4) is 0 Å². The molecule has 0 spiro atoms. The molecule has 2 aliphatic rings. The van der Waals surface area contributed by atoms with Crippen molar-refractivity contribution < 1.29 is 34.4 Å². The third kappa shape index (κ3) is 6.14. The Labute approximate surface area is 240 Å². The summed E-state index contributed by atoms with van der Waals surface area (Å²) >= 11 is 1.41. The monoisotopic (exact) mass is 583 g/mol. The van der Waals surface area contributed by atoms with Crippen LogP contribution < -0.4 is 5.32 Å². The number of aryl methyl sites for hydroxylation is 1. The van der Waals surface area contributed by atoms with Gasteiger partial charge in [-0.1, -0.05) is 35.9 Å². The van der Waals surface area contributed by atoms with Gasteiger partial charge in [0.05, 0.1) is 25.4 Å². The van der Waals surface area contributed by atoms with E-state index in [-0.39, 0.29) is 24.3 Å². The number of imide groups is 1. The molecule has 13 heteroatoms. The zero-order chi connectivity index (χ0) is 29.1. The Balaban J connectivity index is 1.10. The average molecular weight is 584 g/mol. The standard InChI is InChI=1S/C28H33N5O7S/c1-16(35)29-23-25(37)24(36)21(15-34)40-28(23)41-12-4-2-3-11-32-13-18(30-31-32)14-33-26(38)19-9-5-7-17-8-6-10-20(22(17)19)27(33)39/h5-10,13,21,23-25,28,34,36-37H,2-4,11-12,14-15H2,1H3,(H,29,35)/t21-,23-,24-,25-,28+/m1/s1. The van der Waals surface area contributed by atoms with E-state index in [9.17, 15) is 29.7 Å². The summed E-state index contributed by atoms with van der Waals surface area (Å²) in [7, 11) is 0. The highest BCUT2D eigenvalue weighted by Crippen LogP contribution is 2.31. The first-order valence-corrected chi connectivity index (χ1v) is 14.6. The molecule has 5 rings (SSSR count). The van der Waals surface area contributed by atoms with E-state index in [1.54, 1.807) is 23.0 Å². The molecule has 3 heterocycles. The van der Waals surface area contributed by atoms with Gasteiger partial charge in [-0.3, -0.25) is 24.0 Å². The smallest absolute Gasteiger partial charge is 0.261 e. The zero-order valence-corrected chi connectivity index (χ0v) is 23.4. The molecular weight excluding hydrogens is 550 g/mol. The lowest BCUT2D eigenvalue weighted by Gasteiger charge is -2.42. The van der Waals surface area contributed by atoms with Crippen LogP contribution in [-0.4, -0.2) is 95.1 Å². The second-order valence-electron chi connectivity index (χ2n) is 10.2. The molecule has 0 bridgehead atoms. The van der Waals surface area contributed by atoms with Gasteiger partial charge in [-0.05, 0) is 36.1 Å². The van der Waals surface area contributed by atoms with Gasteiger partial charge in [-0.15, -0.1) is 16.9 Å². The summed E-state index contributed by atoms with van der Waals surface area (Å²) in [5.74, 6) is -0.360. The summed E-state index contributed by atoms with van der Waals surface area (Å²) in [5.41, 5.74) is 0.919. The fraction of sp³-hybridized carbons (Fsp3) is 0.464. The number of benzene rings is 2. The molecule has 2 aliphatic heterocycles. The number of carbonyl (C=O) groups excluding carboxylic acids is 3. The molecule has 2 aromatic carbocycles. The average Bonchev–Trinajstić information content (AvgIpc) is 3.42. The fourth-order valence-electron chi connectivity index (χ4n) is 5.27. The van der Waals surface area contributed by atoms with Crippen LogP contribution in [0.5, 0.6) is 0 Å². The lowest BCUT2D eigenvalue weighted by atomic mass is 9.94. The van der Waals surface area contributed by atoms with Gasteiger partial charge in [-0.2, -0.15) is 0 Å². The van der Waals surface area contributed by atoms with Gasteiger partial charge in [0.25, 0.3) is 11.8 Å². The lowest BCUT2D eigenvalue weighted by molar-refractivity contribution is -0.173. The summed E-state index contributed by atoms with van der Waals surface area (Å²) in [6, 6.07) is 10.1. The quantitative estimate of drug-likeness (QED) is 0.189. The van der Waals surface area contributed by atoms with E-state index in [1.807, 2.05) is 24.3 Å². The Bertz CT molecular complexity index is 1380. The van der Waals surface area contributed by atoms with Crippen molar-refractivity contribution in [2.24, 2.45) is 0 Å². The van der Waals surface area contributed by atoms with Crippen LogP contribution in [0.2, 0.25) is 0 Å². The van der Waals surface area contributed by atoms with Crippen LogP contribution in [0.4, 0.5) is 0 Å². The van der Waals surface area contributed by atoms with Crippen molar-refractivity contribution in [3.63, 3.8) is 0 Å². The van der Waals surface area contributed by atoms with Crippen LogP contribution in [0.15, 0.2) is 42.6 Å². The first-order valence-electron chi connectivity index (χ1n) is 13.6. The van der Waals surface area contributed by atoms with Crippen LogP contribution in [0, 0.1) is 0 Å². The van der Waals surface area contributed by atoms with E-state index in [0.717, 1.165) is 24.6 Å². The summed E-state index contributed by atoms with van der Waals surface area (Å²) in [6.45, 7) is 1.53. The number of unbranched alkanes of at least 4 members (excludes halogenated alkanes) is 2. The Hall–Kier alpha value is -3.36. The van der Waals surface area contributed by atoms with Gasteiger partial charge in [0, 0.05) is 30.0 Å². The third-order valence-electron chi connectivity index (χ3n) is 7.33. The summed E-state index contributed by atoms with van der Waals surface area (Å²) < 4.78 is 7.43.